The standard InChI is InChI=1S/C15H23B2NO2.CH3.Rb/c1-10-7-11(9-18)8-12(16-6)13(10)17-19-14(2,3)15(4,5)20-17;;/h8,10-11H,7H2,1-6H3;1H3;/q2*-1;+1. The Balaban J connectivity index is 0.00000220. The van der Waals surface area contributed by atoms with Crippen LogP contribution in [-0.4, -0.2) is 25.6 Å². The number of nitrogens with zero attached hydrogens (tertiary/aromatic N) is 1. The van der Waals surface area contributed by atoms with E-state index in [1.165, 1.54) is 5.47 Å². The summed E-state index contributed by atoms with van der Waals surface area (Å²) in [5.74, 6) is 0.285. The van der Waals surface area contributed by atoms with Crippen molar-refractivity contribution in [2.75, 3.05) is 0 Å². The number of nitriles is 1. The molecule has 2 rings (SSSR count). The molecule has 1 aliphatic carbocycles. The largest absolute Gasteiger partial charge is 1.00 e. The summed E-state index contributed by atoms with van der Waals surface area (Å²) in [6.45, 7) is 12.4. The summed E-state index contributed by atoms with van der Waals surface area (Å²) in [4.78, 5) is 0. The van der Waals surface area contributed by atoms with E-state index in [1.807, 2.05) is 13.2 Å². The molecule has 115 valence electrons. The van der Waals surface area contributed by atoms with Crippen LogP contribution in [0.15, 0.2) is 10.9 Å². The van der Waals surface area contributed by atoms with Crippen molar-refractivity contribution in [2.24, 2.45) is 11.8 Å². The van der Waals surface area contributed by atoms with Gasteiger partial charge in [0.1, 0.15) is 7.28 Å². The van der Waals surface area contributed by atoms with Crippen LogP contribution in [0.5, 0.6) is 0 Å². The van der Waals surface area contributed by atoms with E-state index < -0.39 is 0 Å². The van der Waals surface area contributed by atoms with Crippen LogP contribution in [0.4, 0.5) is 0 Å². The number of hydrogen-bond donors (Lipinski definition) is 0. The minimum absolute atomic E-state index is 0. The van der Waals surface area contributed by atoms with Gasteiger partial charge in [-0.05, 0) is 33.6 Å². The summed E-state index contributed by atoms with van der Waals surface area (Å²) in [5.41, 5.74) is 1.64. The van der Waals surface area contributed by atoms with Gasteiger partial charge in [0.25, 0.3) is 0 Å². The Morgan fingerprint density at radius 1 is 1.27 bits per heavy atom. The molecule has 2 unspecified atom stereocenters. The average molecular weight is 371 g/mol. The normalized spacial score (nSPS) is 28.9. The second kappa shape index (κ2) is 8.36. The van der Waals surface area contributed by atoms with Crippen LogP contribution < -0.4 is 58.2 Å². The van der Waals surface area contributed by atoms with Gasteiger partial charge in [0.15, 0.2) is 0 Å². The smallest absolute Gasteiger partial charge is 0.414 e. The van der Waals surface area contributed by atoms with E-state index in [0.717, 1.165) is 11.9 Å². The quantitative estimate of drug-likeness (QED) is 0.523. The minimum Gasteiger partial charge on any atom is -0.414 e. The van der Waals surface area contributed by atoms with Gasteiger partial charge in [0.05, 0.1) is 17.3 Å². The van der Waals surface area contributed by atoms with Crippen molar-refractivity contribution in [3.63, 3.8) is 0 Å². The maximum atomic E-state index is 9.16. The second-order valence-corrected chi connectivity index (χ2v) is 6.83. The molecule has 0 N–H and O–H groups in total. The molecule has 0 aromatic rings. The second-order valence-electron chi connectivity index (χ2n) is 6.83. The van der Waals surface area contributed by atoms with Crippen molar-refractivity contribution in [1.82, 2.24) is 0 Å². The molecular formula is C16H26B2NO2Rb-. The molecule has 1 radical (unpaired) electrons. The van der Waals surface area contributed by atoms with E-state index in [-0.39, 0.29) is 89.9 Å². The van der Waals surface area contributed by atoms with Crippen molar-refractivity contribution in [3.8, 4) is 6.07 Å². The number of rotatable bonds is 2. The molecule has 1 saturated heterocycles. The molecule has 2 aliphatic rings. The summed E-state index contributed by atoms with van der Waals surface area (Å²) >= 11 is 0. The zero-order chi connectivity index (χ0) is 15.1. The van der Waals surface area contributed by atoms with E-state index in [2.05, 4.69) is 48.0 Å². The summed E-state index contributed by atoms with van der Waals surface area (Å²) < 4.78 is 12.3. The van der Waals surface area contributed by atoms with E-state index in [0.29, 0.717) is 5.92 Å². The first-order valence-corrected chi connectivity index (χ1v) is 7.35. The molecule has 0 aromatic carbocycles. The van der Waals surface area contributed by atoms with E-state index in [1.54, 1.807) is 0 Å². The SMILES string of the molecule is C[B]C1=C(B2OC(C)(C)C(C)(C)O2)C(C)CC(C#N)[CH-]1.[CH3-].[Rb+]. The molecule has 0 saturated carbocycles. The first kappa shape index (κ1) is 23.0. The van der Waals surface area contributed by atoms with E-state index in [4.69, 9.17) is 14.6 Å². The fraction of sp³-hybridized carbons (Fsp3) is 0.688. The Bertz CT molecular complexity index is 455. The summed E-state index contributed by atoms with van der Waals surface area (Å²) in [5, 5.41) is 9.16. The van der Waals surface area contributed by atoms with E-state index >= 15 is 0 Å². The third-order valence-corrected chi connectivity index (χ3v) is 4.84. The van der Waals surface area contributed by atoms with E-state index in [9.17, 15) is 0 Å². The summed E-state index contributed by atoms with van der Waals surface area (Å²) in [6, 6.07) is 2.35. The van der Waals surface area contributed by atoms with Gasteiger partial charge < -0.3 is 16.7 Å². The van der Waals surface area contributed by atoms with Gasteiger partial charge in [-0.15, -0.1) is 0 Å². The van der Waals surface area contributed by atoms with Gasteiger partial charge in [0, 0.05) is 0 Å². The monoisotopic (exact) mass is 371 g/mol. The summed E-state index contributed by atoms with van der Waals surface area (Å²) in [7, 11) is 1.75. The Labute approximate surface area is 186 Å². The fourth-order valence-electron chi connectivity index (χ4n) is 2.86. The Morgan fingerprint density at radius 2 is 1.77 bits per heavy atom. The van der Waals surface area contributed by atoms with Crippen molar-refractivity contribution < 1.29 is 67.5 Å². The third kappa shape index (κ3) is 4.32. The maximum Gasteiger partial charge on any atom is 1.00 e. The van der Waals surface area contributed by atoms with Gasteiger partial charge in [-0.25, -0.2) is 6.42 Å². The van der Waals surface area contributed by atoms with Crippen LogP contribution in [-0.2, 0) is 9.31 Å². The van der Waals surface area contributed by atoms with Crippen LogP contribution in [0.3, 0.4) is 0 Å². The molecule has 6 heteroatoms. The molecule has 1 heterocycles. The van der Waals surface area contributed by atoms with Crippen molar-refractivity contribution in [2.45, 2.75) is 59.1 Å². The van der Waals surface area contributed by atoms with Crippen LogP contribution in [0, 0.1) is 37.0 Å². The van der Waals surface area contributed by atoms with Crippen LogP contribution in [0.25, 0.3) is 0 Å². The molecule has 1 aliphatic heterocycles. The number of allylic oxidation sites excluding steroid dienone is 2. The maximum absolute atomic E-state index is 9.16. The fourth-order valence-corrected chi connectivity index (χ4v) is 2.86. The summed E-state index contributed by atoms with van der Waals surface area (Å²) in [6.07, 6.45) is 2.88. The van der Waals surface area contributed by atoms with Gasteiger partial charge in [-0.2, -0.15) is 10.7 Å². The molecular weight excluding hydrogens is 345 g/mol. The Morgan fingerprint density at radius 3 is 2.18 bits per heavy atom. The first-order valence-electron chi connectivity index (χ1n) is 7.35. The topological polar surface area (TPSA) is 42.2 Å². The molecule has 1 fully saturated rings. The van der Waals surface area contributed by atoms with Crippen molar-refractivity contribution in [1.29, 1.82) is 5.26 Å². The Kier molecular flexibility index (Phi) is 8.72. The molecule has 0 aromatic heterocycles. The predicted molar refractivity (Wildman–Crippen MR) is 88.3 cm³/mol. The molecule has 0 bridgehead atoms. The van der Waals surface area contributed by atoms with Gasteiger partial charge >= 0.3 is 65.3 Å². The molecule has 3 nitrogen and oxygen atoms in total. The molecule has 0 spiro atoms. The molecule has 2 atom stereocenters. The zero-order valence-electron chi connectivity index (χ0n) is 15.4. The van der Waals surface area contributed by atoms with Gasteiger partial charge in [-0.3, -0.25) is 5.47 Å². The number of hydrogen-bond acceptors (Lipinski definition) is 3. The van der Waals surface area contributed by atoms with Gasteiger partial charge in [0.2, 0.25) is 0 Å². The first-order chi connectivity index (χ1) is 9.21. The zero-order valence-corrected chi connectivity index (χ0v) is 20.3. The molecule has 22 heavy (non-hydrogen) atoms. The van der Waals surface area contributed by atoms with Crippen LogP contribution in [0.1, 0.15) is 41.0 Å². The van der Waals surface area contributed by atoms with Crippen LogP contribution in [0.2, 0.25) is 6.82 Å². The Hall–Kier alpha value is 0.955. The minimum atomic E-state index is -0.324. The molecule has 0 amide bonds. The third-order valence-electron chi connectivity index (χ3n) is 4.84. The van der Waals surface area contributed by atoms with Gasteiger partial charge in [-0.1, -0.05) is 26.1 Å². The average Bonchev–Trinajstić information content (AvgIpc) is 2.56. The van der Waals surface area contributed by atoms with Crippen molar-refractivity contribution >= 4 is 14.4 Å². The van der Waals surface area contributed by atoms with Crippen LogP contribution >= 0.6 is 0 Å². The predicted octanol–water partition coefficient (Wildman–Crippen LogP) is 0.462. The van der Waals surface area contributed by atoms with Crippen molar-refractivity contribution in [3.05, 3.63) is 24.8 Å².